The number of hydrogen-bond donors (Lipinski definition) is 2. The molecule has 0 amide bonds. The fourth-order valence-corrected chi connectivity index (χ4v) is 5.72. The Morgan fingerprint density at radius 3 is 2.63 bits per heavy atom. The molecule has 7 nitrogen and oxygen atoms in total. The molecule has 2 N–H and O–H groups in total. The van der Waals surface area contributed by atoms with Crippen molar-refractivity contribution >= 4 is 16.0 Å². The molecule has 4 rings (SSSR count). The van der Waals surface area contributed by atoms with Gasteiger partial charge in [-0.2, -0.15) is 0 Å². The second-order valence-corrected chi connectivity index (χ2v) is 10.6. The molecule has 0 radical (unpaired) electrons. The van der Waals surface area contributed by atoms with E-state index in [-0.39, 0.29) is 11.0 Å². The van der Waals surface area contributed by atoms with Gasteiger partial charge in [-0.05, 0) is 62.1 Å². The van der Waals surface area contributed by atoms with Gasteiger partial charge in [-0.1, -0.05) is 18.6 Å². The van der Waals surface area contributed by atoms with E-state index in [2.05, 4.69) is 21.9 Å². The Morgan fingerprint density at radius 1 is 1.23 bits per heavy atom. The van der Waals surface area contributed by atoms with Gasteiger partial charge in [0.1, 0.15) is 0 Å². The summed E-state index contributed by atoms with van der Waals surface area (Å²) in [6.45, 7) is 6.69. The minimum absolute atomic E-state index is 0.0115. The normalized spacial score (nSPS) is 23.7. The molecular formula is C22H34N4O3S. The minimum atomic E-state index is -3.51. The molecule has 1 spiro atoms. The highest BCUT2D eigenvalue weighted by Gasteiger charge is 2.43. The van der Waals surface area contributed by atoms with Crippen LogP contribution in [0.2, 0.25) is 0 Å². The van der Waals surface area contributed by atoms with Gasteiger partial charge in [0.15, 0.2) is 5.96 Å². The number of rotatable bonds is 7. The first-order valence-electron chi connectivity index (χ1n) is 11.2. The Hall–Kier alpha value is -1.64. The summed E-state index contributed by atoms with van der Waals surface area (Å²) >= 11 is 0. The number of benzene rings is 1. The first kappa shape index (κ1) is 21.6. The number of nitrogens with zero attached hydrogens (tertiary/aromatic N) is 2. The van der Waals surface area contributed by atoms with E-state index in [1.165, 1.54) is 25.7 Å². The van der Waals surface area contributed by atoms with E-state index in [1.807, 2.05) is 12.1 Å². The maximum atomic E-state index is 12.5. The van der Waals surface area contributed by atoms with Gasteiger partial charge in [-0.3, -0.25) is 0 Å². The van der Waals surface area contributed by atoms with Crippen LogP contribution in [0.15, 0.2) is 34.2 Å². The maximum Gasteiger partial charge on any atom is 0.240 e. The SMILES string of the molecule is CCNC(=NCc1ccc(S(=O)(=O)NCC2CCCO2)cc1)N1CCC2(CCC2)C1. The maximum absolute atomic E-state index is 12.5. The molecule has 2 saturated heterocycles. The zero-order chi connectivity index (χ0) is 21.0. The first-order chi connectivity index (χ1) is 14.5. The number of ether oxygens (including phenoxy) is 1. The number of guanidine groups is 1. The van der Waals surface area contributed by atoms with Crippen LogP contribution in [0.5, 0.6) is 0 Å². The smallest absolute Gasteiger partial charge is 0.240 e. The predicted octanol–water partition coefficient (Wildman–Crippen LogP) is 2.49. The fraction of sp³-hybridized carbons (Fsp3) is 0.682. The van der Waals surface area contributed by atoms with Gasteiger partial charge < -0.3 is 15.0 Å². The Morgan fingerprint density at radius 2 is 2.03 bits per heavy atom. The van der Waals surface area contributed by atoms with Crippen molar-refractivity contribution in [1.29, 1.82) is 0 Å². The Labute approximate surface area is 180 Å². The van der Waals surface area contributed by atoms with Crippen molar-refractivity contribution in [2.45, 2.75) is 63.0 Å². The largest absolute Gasteiger partial charge is 0.377 e. The molecule has 166 valence electrons. The molecule has 30 heavy (non-hydrogen) atoms. The van der Waals surface area contributed by atoms with Crippen molar-refractivity contribution in [1.82, 2.24) is 14.9 Å². The predicted molar refractivity (Wildman–Crippen MR) is 118 cm³/mol. The molecule has 1 aromatic rings. The van der Waals surface area contributed by atoms with Crippen molar-refractivity contribution < 1.29 is 13.2 Å². The van der Waals surface area contributed by atoms with Crippen LogP contribution in [0.4, 0.5) is 0 Å². The zero-order valence-electron chi connectivity index (χ0n) is 17.9. The van der Waals surface area contributed by atoms with Gasteiger partial charge >= 0.3 is 0 Å². The summed E-state index contributed by atoms with van der Waals surface area (Å²) in [4.78, 5) is 7.49. The van der Waals surface area contributed by atoms with Crippen molar-refractivity contribution in [3.05, 3.63) is 29.8 Å². The molecule has 1 atom stereocenters. The van der Waals surface area contributed by atoms with Crippen LogP contribution >= 0.6 is 0 Å². The molecule has 3 aliphatic rings. The number of sulfonamides is 1. The molecule has 0 aromatic heterocycles. The van der Waals surface area contributed by atoms with Crippen molar-refractivity contribution in [2.75, 3.05) is 32.8 Å². The van der Waals surface area contributed by atoms with Gasteiger partial charge in [0.25, 0.3) is 0 Å². The summed E-state index contributed by atoms with van der Waals surface area (Å²) in [6, 6.07) is 7.03. The Balaban J connectivity index is 1.35. The highest BCUT2D eigenvalue weighted by atomic mass is 32.2. The Kier molecular flexibility index (Phi) is 6.65. The van der Waals surface area contributed by atoms with Gasteiger partial charge in [-0.15, -0.1) is 0 Å². The van der Waals surface area contributed by atoms with E-state index in [1.54, 1.807) is 12.1 Å². The lowest BCUT2D eigenvalue weighted by Gasteiger charge is -2.38. The van der Waals surface area contributed by atoms with E-state index in [4.69, 9.17) is 9.73 Å². The topological polar surface area (TPSA) is 83.0 Å². The third kappa shape index (κ3) is 4.98. The highest BCUT2D eigenvalue weighted by Crippen LogP contribution is 2.47. The van der Waals surface area contributed by atoms with E-state index < -0.39 is 10.0 Å². The second kappa shape index (κ2) is 9.24. The number of likely N-dealkylation sites (tertiary alicyclic amines) is 1. The van der Waals surface area contributed by atoms with E-state index in [0.717, 1.165) is 50.6 Å². The third-order valence-electron chi connectivity index (χ3n) is 6.66. The van der Waals surface area contributed by atoms with Crippen LogP contribution in [0.25, 0.3) is 0 Å². The third-order valence-corrected chi connectivity index (χ3v) is 8.10. The molecule has 0 bridgehead atoms. The fourth-order valence-electron chi connectivity index (χ4n) is 4.66. The molecule has 3 fully saturated rings. The summed E-state index contributed by atoms with van der Waals surface area (Å²) in [5.41, 5.74) is 1.53. The highest BCUT2D eigenvalue weighted by molar-refractivity contribution is 7.89. The molecule has 1 aromatic carbocycles. The van der Waals surface area contributed by atoms with Gasteiger partial charge in [-0.25, -0.2) is 18.1 Å². The van der Waals surface area contributed by atoms with Crippen LogP contribution in [0, 0.1) is 5.41 Å². The lowest BCUT2D eigenvalue weighted by atomic mass is 9.68. The second-order valence-electron chi connectivity index (χ2n) is 8.83. The molecular weight excluding hydrogens is 400 g/mol. The molecule has 2 heterocycles. The summed E-state index contributed by atoms with van der Waals surface area (Å²) in [7, 11) is -3.51. The van der Waals surface area contributed by atoms with Gasteiger partial charge in [0, 0.05) is 32.8 Å². The summed E-state index contributed by atoms with van der Waals surface area (Å²) in [6.07, 6.45) is 7.21. The van der Waals surface area contributed by atoms with Crippen LogP contribution in [-0.2, 0) is 21.3 Å². The quantitative estimate of drug-likeness (QED) is 0.509. The van der Waals surface area contributed by atoms with E-state index in [9.17, 15) is 8.42 Å². The number of nitrogens with one attached hydrogen (secondary N) is 2. The summed E-state index contributed by atoms with van der Waals surface area (Å²) in [5.74, 6) is 0.969. The van der Waals surface area contributed by atoms with Crippen molar-refractivity contribution in [3.63, 3.8) is 0 Å². The van der Waals surface area contributed by atoms with Crippen LogP contribution in [-0.4, -0.2) is 58.2 Å². The molecule has 1 unspecified atom stereocenters. The lowest BCUT2D eigenvalue weighted by molar-refractivity contribution is 0.114. The standard InChI is InChI=1S/C22H34N4O3S/c1-2-23-21(26-13-12-22(17-26)10-4-11-22)24-15-18-6-8-20(9-7-18)30(27,28)25-16-19-5-3-14-29-19/h6-9,19,25H,2-5,10-17H2,1H3,(H,23,24). The average molecular weight is 435 g/mol. The Bertz CT molecular complexity index is 844. The molecule has 2 aliphatic heterocycles. The van der Waals surface area contributed by atoms with Crippen LogP contribution in [0.3, 0.4) is 0 Å². The molecule has 1 aliphatic carbocycles. The average Bonchev–Trinajstić information content (AvgIpc) is 3.40. The van der Waals surface area contributed by atoms with Crippen LogP contribution < -0.4 is 10.0 Å². The van der Waals surface area contributed by atoms with Gasteiger partial charge in [0.05, 0.1) is 17.5 Å². The number of aliphatic imine (C=N–C) groups is 1. The van der Waals surface area contributed by atoms with Crippen LogP contribution in [0.1, 0.15) is 51.0 Å². The van der Waals surface area contributed by atoms with Crippen molar-refractivity contribution in [2.24, 2.45) is 10.4 Å². The zero-order valence-corrected chi connectivity index (χ0v) is 18.7. The van der Waals surface area contributed by atoms with Gasteiger partial charge in [0.2, 0.25) is 10.0 Å². The summed E-state index contributed by atoms with van der Waals surface area (Å²) < 4.78 is 33.2. The number of hydrogen-bond acceptors (Lipinski definition) is 4. The minimum Gasteiger partial charge on any atom is -0.377 e. The summed E-state index contributed by atoms with van der Waals surface area (Å²) in [5, 5.41) is 3.42. The first-order valence-corrected chi connectivity index (χ1v) is 12.7. The molecule has 8 heteroatoms. The molecule has 1 saturated carbocycles. The van der Waals surface area contributed by atoms with Crippen molar-refractivity contribution in [3.8, 4) is 0 Å². The lowest BCUT2D eigenvalue weighted by Crippen LogP contribution is -2.42. The van der Waals surface area contributed by atoms with E-state index in [0.29, 0.717) is 18.5 Å². The van der Waals surface area contributed by atoms with E-state index >= 15 is 0 Å². The monoisotopic (exact) mass is 434 g/mol.